The number of carbonyl (C=O) groups is 1. The molecular weight excluding hydrogens is 278 g/mol. The molecule has 0 radical (unpaired) electrons. The average Bonchev–Trinajstić information content (AvgIpc) is 2.55. The van der Waals surface area contributed by atoms with E-state index in [4.69, 9.17) is 4.74 Å². The molecule has 0 unspecified atom stereocenters. The number of rotatable bonds is 5. The Balaban J connectivity index is 2.33. The molecule has 0 aliphatic heterocycles. The Bertz CT molecular complexity index is 701. The average molecular weight is 295 g/mol. The summed E-state index contributed by atoms with van der Waals surface area (Å²) in [4.78, 5) is 15.6. The molecule has 0 aliphatic carbocycles. The molecule has 0 heterocycles. The number of hydrogen-bond donors (Lipinski definition) is 1. The van der Waals surface area contributed by atoms with Crippen LogP contribution in [0, 0.1) is 0 Å². The molecule has 1 N–H and O–H groups in total. The van der Waals surface area contributed by atoms with E-state index in [0.29, 0.717) is 5.71 Å². The number of nitrogens with zero attached hydrogens (tertiary/aromatic N) is 1. The van der Waals surface area contributed by atoms with Crippen molar-refractivity contribution in [3.8, 4) is 5.75 Å². The summed E-state index contributed by atoms with van der Waals surface area (Å²) in [5.41, 5.74) is 2.29. The molecule has 0 fully saturated rings. The third-order valence-corrected chi connectivity index (χ3v) is 3.12. The summed E-state index contributed by atoms with van der Waals surface area (Å²) < 4.78 is 5.08. The van der Waals surface area contributed by atoms with Gasteiger partial charge in [0.05, 0.1) is 7.11 Å². The second kappa shape index (κ2) is 7.22. The second-order valence-corrected chi connectivity index (χ2v) is 4.67. The third kappa shape index (κ3) is 4.06. The lowest BCUT2D eigenvalue weighted by Gasteiger charge is -2.03. The molecule has 0 spiro atoms. The van der Waals surface area contributed by atoms with Crippen molar-refractivity contribution in [3.05, 3.63) is 71.4 Å². The number of methoxy groups -OCH3 is 1. The fraction of sp³-hybridized carbons (Fsp3) is 0.111. The Morgan fingerprint density at radius 3 is 2.27 bits per heavy atom. The molecular formula is C18H17NO3. The minimum atomic E-state index is -1.06. The van der Waals surface area contributed by atoms with E-state index >= 15 is 0 Å². The number of carboxylic acids is 1. The zero-order valence-corrected chi connectivity index (χ0v) is 12.5. The van der Waals surface area contributed by atoms with Crippen LogP contribution in [0.2, 0.25) is 0 Å². The van der Waals surface area contributed by atoms with Crippen LogP contribution in [0.5, 0.6) is 5.75 Å². The molecule has 2 aromatic rings. The number of aliphatic imine (C=N–C) groups is 1. The second-order valence-electron chi connectivity index (χ2n) is 4.67. The van der Waals surface area contributed by atoms with Crippen LogP contribution in [0.15, 0.2) is 65.3 Å². The summed E-state index contributed by atoms with van der Waals surface area (Å²) in [6.07, 6.45) is 1.54. The highest BCUT2D eigenvalue weighted by atomic mass is 16.5. The van der Waals surface area contributed by atoms with Crippen LogP contribution in [0.3, 0.4) is 0 Å². The molecule has 0 bridgehead atoms. The van der Waals surface area contributed by atoms with Crippen molar-refractivity contribution in [3.63, 3.8) is 0 Å². The number of hydrogen-bond acceptors (Lipinski definition) is 3. The van der Waals surface area contributed by atoms with E-state index in [1.54, 1.807) is 38.3 Å². The SMILES string of the molecule is COc1ccc(C=C(N=C(C)c2ccccc2)C(=O)O)cc1. The van der Waals surface area contributed by atoms with Crippen LogP contribution in [0.25, 0.3) is 6.08 Å². The van der Waals surface area contributed by atoms with E-state index in [0.717, 1.165) is 16.9 Å². The van der Waals surface area contributed by atoms with Crippen molar-refractivity contribution >= 4 is 17.8 Å². The predicted octanol–water partition coefficient (Wildman–Crippen LogP) is 3.63. The van der Waals surface area contributed by atoms with Gasteiger partial charge in [-0.05, 0) is 36.3 Å². The van der Waals surface area contributed by atoms with Crippen molar-refractivity contribution in [2.45, 2.75) is 6.92 Å². The molecule has 4 heteroatoms. The number of benzene rings is 2. The summed E-state index contributed by atoms with van der Waals surface area (Å²) >= 11 is 0. The maximum Gasteiger partial charge on any atom is 0.354 e. The molecule has 2 aromatic carbocycles. The zero-order valence-electron chi connectivity index (χ0n) is 12.5. The standard InChI is InChI=1S/C18H17NO3/c1-13(15-6-4-3-5-7-15)19-17(18(20)21)12-14-8-10-16(22-2)11-9-14/h3-12H,1-2H3,(H,20,21). The first-order valence-electron chi connectivity index (χ1n) is 6.80. The Morgan fingerprint density at radius 2 is 1.73 bits per heavy atom. The minimum absolute atomic E-state index is 0.00785. The number of ether oxygens (including phenoxy) is 1. The highest BCUT2D eigenvalue weighted by Gasteiger charge is 2.07. The highest BCUT2D eigenvalue weighted by molar-refractivity contribution is 6.03. The van der Waals surface area contributed by atoms with Crippen molar-refractivity contribution in [2.75, 3.05) is 7.11 Å². The van der Waals surface area contributed by atoms with Crippen LogP contribution in [0.1, 0.15) is 18.1 Å². The van der Waals surface area contributed by atoms with E-state index in [-0.39, 0.29) is 5.70 Å². The first-order chi connectivity index (χ1) is 10.6. The minimum Gasteiger partial charge on any atom is -0.497 e. The molecule has 0 amide bonds. The first kappa shape index (κ1) is 15.5. The van der Waals surface area contributed by atoms with E-state index in [2.05, 4.69) is 4.99 Å². The summed E-state index contributed by atoms with van der Waals surface area (Å²) in [5, 5.41) is 9.33. The van der Waals surface area contributed by atoms with Crippen LogP contribution < -0.4 is 4.74 Å². The van der Waals surface area contributed by atoms with E-state index < -0.39 is 5.97 Å². The molecule has 22 heavy (non-hydrogen) atoms. The Hall–Kier alpha value is -2.88. The summed E-state index contributed by atoms with van der Waals surface area (Å²) in [7, 11) is 1.58. The van der Waals surface area contributed by atoms with Gasteiger partial charge in [0, 0.05) is 5.71 Å². The topological polar surface area (TPSA) is 58.9 Å². The maximum atomic E-state index is 11.4. The van der Waals surface area contributed by atoms with E-state index in [1.807, 2.05) is 30.3 Å². The largest absolute Gasteiger partial charge is 0.497 e. The van der Waals surface area contributed by atoms with Gasteiger partial charge in [-0.1, -0.05) is 42.5 Å². The lowest BCUT2D eigenvalue weighted by molar-refractivity contribution is -0.132. The molecule has 112 valence electrons. The van der Waals surface area contributed by atoms with Gasteiger partial charge in [0.2, 0.25) is 0 Å². The van der Waals surface area contributed by atoms with Crippen molar-refractivity contribution < 1.29 is 14.6 Å². The molecule has 2 rings (SSSR count). The zero-order chi connectivity index (χ0) is 15.9. The van der Waals surface area contributed by atoms with Gasteiger partial charge < -0.3 is 9.84 Å². The molecule has 0 saturated carbocycles. The monoisotopic (exact) mass is 295 g/mol. The van der Waals surface area contributed by atoms with Gasteiger partial charge in [-0.25, -0.2) is 9.79 Å². The van der Waals surface area contributed by atoms with Crippen LogP contribution >= 0.6 is 0 Å². The van der Waals surface area contributed by atoms with E-state index in [9.17, 15) is 9.90 Å². The fourth-order valence-electron chi connectivity index (χ4n) is 1.92. The van der Waals surface area contributed by atoms with Crippen molar-refractivity contribution in [1.82, 2.24) is 0 Å². The highest BCUT2D eigenvalue weighted by Crippen LogP contribution is 2.15. The van der Waals surface area contributed by atoms with Crippen LogP contribution in [-0.2, 0) is 4.79 Å². The van der Waals surface area contributed by atoms with Crippen molar-refractivity contribution in [1.29, 1.82) is 0 Å². The molecule has 0 aromatic heterocycles. The van der Waals surface area contributed by atoms with Crippen molar-refractivity contribution in [2.24, 2.45) is 4.99 Å². The normalized spacial score (nSPS) is 12.1. The Labute approximate surface area is 129 Å². The number of carboxylic acid groups (broad SMARTS) is 1. The van der Waals surface area contributed by atoms with Crippen LogP contribution in [0.4, 0.5) is 0 Å². The summed E-state index contributed by atoms with van der Waals surface area (Å²) in [5.74, 6) is -0.343. The molecule has 0 saturated heterocycles. The molecule has 0 aliphatic rings. The van der Waals surface area contributed by atoms with Gasteiger partial charge in [0.25, 0.3) is 0 Å². The quantitative estimate of drug-likeness (QED) is 0.677. The number of aliphatic carboxylic acids is 1. The van der Waals surface area contributed by atoms with Gasteiger partial charge in [0.1, 0.15) is 11.4 Å². The van der Waals surface area contributed by atoms with Gasteiger partial charge in [-0.2, -0.15) is 0 Å². The van der Waals surface area contributed by atoms with Gasteiger partial charge >= 0.3 is 5.97 Å². The lowest BCUT2D eigenvalue weighted by Crippen LogP contribution is -2.02. The van der Waals surface area contributed by atoms with E-state index in [1.165, 1.54) is 6.08 Å². The first-order valence-corrected chi connectivity index (χ1v) is 6.80. The van der Waals surface area contributed by atoms with Gasteiger partial charge in [0.15, 0.2) is 0 Å². The Kier molecular flexibility index (Phi) is 5.09. The predicted molar refractivity (Wildman–Crippen MR) is 87.3 cm³/mol. The van der Waals surface area contributed by atoms with Gasteiger partial charge in [-0.15, -0.1) is 0 Å². The lowest BCUT2D eigenvalue weighted by atomic mass is 10.1. The summed E-state index contributed by atoms with van der Waals surface area (Å²) in [6, 6.07) is 16.6. The van der Waals surface area contributed by atoms with Crippen LogP contribution in [-0.4, -0.2) is 23.9 Å². The smallest absolute Gasteiger partial charge is 0.354 e. The molecule has 0 atom stereocenters. The van der Waals surface area contributed by atoms with Gasteiger partial charge in [-0.3, -0.25) is 0 Å². The molecule has 4 nitrogen and oxygen atoms in total. The maximum absolute atomic E-state index is 11.4. The fourth-order valence-corrected chi connectivity index (χ4v) is 1.92. The third-order valence-electron chi connectivity index (χ3n) is 3.12. The summed E-state index contributed by atoms with van der Waals surface area (Å²) in [6.45, 7) is 1.79. The Morgan fingerprint density at radius 1 is 1.09 bits per heavy atom.